The minimum absolute atomic E-state index is 0.0273. The highest BCUT2D eigenvalue weighted by Crippen LogP contribution is 2.18. The van der Waals surface area contributed by atoms with E-state index in [2.05, 4.69) is 15.3 Å². The molecule has 0 bridgehead atoms. The second-order valence-corrected chi connectivity index (χ2v) is 6.71. The number of nitrogen functional groups attached to an aromatic ring is 1. The van der Waals surface area contributed by atoms with Crippen LogP contribution in [0.5, 0.6) is 0 Å². The SMILES string of the molecule is Cc1cc(C)nc(NC(=O)NS(=O)(=O)c2cc(N)ccc2C)n1. The lowest BCUT2D eigenvalue weighted by atomic mass is 10.2. The zero-order valence-corrected chi connectivity index (χ0v) is 13.7. The van der Waals surface area contributed by atoms with Crippen LogP contribution < -0.4 is 15.8 Å². The van der Waals surface area contributed by atoms with Gasteiger partial charge in [-0.05, 0) is 44.5 Å². The normalized spacial score (nSPS) is 11.1. The molecule has 0 spiro atoms. The fourth-order valence-electron chi connectivity index (χ4n) is 1.99. The number of nitrogens with one attached hydrogen (secondary N) is 2. The van der Waals surface area contributed by atoms with Gasteiger partial charge in [0.05, 0.1) is 4.90 Å². The predicted molar refractivity (Wildman–Crippen MR) is 86.4 cm³/mol. The van der Waals surface area contributed by atoms with Gasteiger partial charge in [-0.3, -0.25) is 5.32 Å². The van der Waals surface area contributed by atoms with Crippen LogP contribution in [-0.4, -0.2) is 24.4 Å². The van der Waals surface area contributed by atoms with E-state index in [0.717, 1.165) is 0 Å². The van der Waals surface area contributed by atoms with Gasteiger partial charge in [-0.15, -0.1) is 0 Å². The van der Waals surface area contributed by atoms with Crippen molar-refractivity contribution < 1.29 is 13.2 Å². The molecule has 0 aliphatic carbocycles. The van der Waals surface area contributed by atoms with Crippen molar-refractivity contribution in [2.45, 2.75) is 25.7 Å². The van der Waals surface area contributed by atoms with Crippen molar-refractivity contribution in [2.24, 2.45) is 0 Å². The number of sulfonamides is 1. The van der Waals surface area contributed by atoms with Crippen LogP contribution in [0.2, 0.25) is 0 Å². The van der Waals surface area contributed by atoms with Crippen LogP contribution in [0.4, 0.5) is 16.4 Å². The number of rotatable bonds is 3. The molecule has 23 heavy (non-hydrogen) atoms. The van der Waals surface area contributed by atoms with Crippen molar-refractivity contribution in [3.05, 3.63) is 41.2 Å². The Morgan fingerprint density at radius 1 is 1.09 bits per heavy atom. The number of carbonyl (C=O) groups excluding carboxylic acids is 1. The molecule has 1 aromatic carbocycles. The van der Waals surface area contributed by atoms with Gasteiger partial charge in [0.15, 0.2) is 0 Å². The van der Waals surface area contributed by atoms with Gasteiger partial charge in [-0.1, -0.05) is 6.07 Å². The number of anilines is 2. The number of aryl methyl sites for hydroxylation is 3. The van der Waals surface area contributed by atoms with Crippen LogP contribution >= 0.6 is 0 Å². The van der Waals surface area contributed by atoms with Crippen LogP contribution in [0, 0.1) is 20.8 Å². The average Bonchev–Trinajstić information content (AvgIpc) is 2.39. The summed E-state index contributed by atoms with van der Waals surface area (Å²) in [6.07, 6.45) is 0. The Kier molecular flexibility index (Phi) is 4.50. The first-order valence-electron chi connectivity index (χ1n) is 6.69. The maximum absolute atomic E-state index is 12.3. The Morgan fingerprint density at radius 2 is 1.70 bits per heavy atom. The van der Waals surface area contributed by atoms with Gasteiger partial charge in [-0.2, -0.15) is 0 Å². The van der Waals surface area contributed by atoms with E-state index in [1.54, 1.807) is 39.0 Å². The van der Waals surface area contributed by atoms with Crippen LogP contribution in [-0.2, 0) is 10.0 Å². The molecule has 2 rings (SSSR count). The van der Waals surface area contributed by atoms with Crippen molar-refractivity contribution in [3.63, 3.8) is 0 Å². The van der Waals surface area contributed by atoms with Gasteiger partial charge < -0.3 is 5.73 Å². The van der Waals surface area contributed by atoms with E-state index in [-0.39, 0.29) is 16.5 Å². The van der Waals surface area contributed by atoms with Gasteiger partial charge in [0.25, 0.3) is 10.0 Å². The molecule has 2 aromatic rings. The summed E-state index contributed by atoms with van der Waals surface area (Å²) >= 11 is 0. The highest BCUT2D eigenvalue weighted by molar-refractivity contribution is 7.90. The number of benzene rings is 1. The molecular weight excluding hydrogens is 318 g/mol. The fourth-order valence-corrected chi connectivity index (χ4v) is 3.18. The molecule has 0 atom stereocenters. The molecule has 0 unspecified atom stereocenters. The summed E-state index contributed by atoms with van der Waals surface area (Å²) in [4.78, 5) is 19.9. The Balaban J connectivity index is 2.20. The molecule has 1 heterocycles. The van der Waals surface area contributed by atoms with E-state index in [4.69, 9.17) is 5.73 Å². The number of nitrogens with two attached hydrogens (primary N) is 1. The summed E-state index contributed by atoms with van der Waals surface area (Å²) in [5, 5.41) is 2.30. The maximum Gasteiger partial charge on any atom is 0.335 e. The van der Waals surface area contributed by atoms with E-state index < -0.39 is 16.1 Å². The number of carbonyl (C=O) groups is 1. The lowest BCUT2D eigenvalue weighted by Crippen LogP contribution is -2.35. The molecule has 0 aliphatic rings. The first-order chi connectivity index (χ1) is 10.7. The molecule has 2 amide bonds. The number of aromatic nitrogens is 2. The number of amides is 2. The lowest BCUT2D eigenvalue weighted by Gasteiger charge is -2.11. The van der Waals surface area contributed by atoms with Gasteiger partial charge in [-0.25, -0.2) is 27.9 Å². The van der Waals surface area contributed by atoms with Crippen molar-refractivity contribution in [2.75, 3.05) is 11.1 Å². The highest BCUT2D eigenvalue weighted by Gasteiger charge is 2.20. The Hall–Kier alpha value is -2.68. The minimum Gasteiger partial charge on any atom is -0.399 e. The first-order valence-corrected chi connectivity index (χ1v) is 8.18. The van der Waals surface area contributed by atoms with Crippen LogP contribution in [0.25, 0.3) is 0 Å². The summed E-state index contributed by atoms with van der Waals surface area (Å²) < 4.78 is 26.5. The highest BCUT2D eigenvalue weighted by atomic mass is 32.2. The summed E-state index contributed by atoms with van der Waals surface area (Å²) in [7, 11) is -4.05. The minimum atomic E-state index is -4.05. The smallest absolute Gasteiger partial charge is 0.335 e. The molecule has 122 valence electrons. The predicted octanol–water partition coefficient (Wildman–Crippen LogP) is 1.49. The maximum atomic E-state index is 12.3. The Morgan fingerprint density at radius 3 is 2.30 bits per heavy atom. The third-order valence-electron chi connectivity index (χ3n) is 2.94. The van der Waals surface area contributed by atoms with E-state index in [1.807, 2.05) is 4.72 Å². The Bertz CT molecular complexity index is 844. The number of urea groups is 1. The first kappa shape index (κ1) is 16.7. The van der Waals surface area contributed by atoms with E-state index in [1.165, 1.54) is 6.07 Å². The third-order valence-corrected chi connectivity index (χ3v) is 4.41. The fraction of sp³-hybridized carbons (Fsp3) is 0.214. The molecule has 9 heteroatoms. The largest absolute Gasteiger partial charge is 0.399 e. The summed E-state index contributed by atoms with van der Waals surface area (Å²) in [5.74, 6) is 0.0273. The standard InChI is InChI=1S/C14H17N5O3S/c1-8-4-5-11(15)7-12(8)23(21,22)19-14(20)18-13-16-9(2)6-10(3)17-13/h4-7H,15H2,1-3H3,(H2,16,17,18,19,20). The zero-order valence-electron chi connectivity index (χ0n) is 12.9. The van der Waals surface area contributed by atoms with E-state index in [0.29, 0.717) is 17.0 Å². The molecule has 0 saturated carbocycles. The molecule has 0 radical (unpaired) electrons. The van der Waals surface area contributed by atoms with Crippen molar-refractivity contribution in [3.8, 4) is 0 Å². The van der Waals surface area contributed by atoms with Crippen molar-refractivity contribution in [1.82, 2.24) is 14.7 Å². The molecule has 4 N–H and O–H groups in total. The lowest BCUT2D eigenvalue weighted by molar-refractivity contribution is 0.256. The van der Waals surface area contributed by atoms with E-state index in [9.17, 15) is 13.2 Å². The number of nitrogens with zero attached hydrogens (tertiary/aromatic N) is 2. The Labute approximate surface area is 134 Å². The zero-order chi connectivity index (χ0) is 17.2. The van der Waals surface area contributed by atoms with Gasteiger partial charge in [0.2, 0.25) is 5.95 Å². The van der Waals surface area contributed by atoms with Crippen LogP contribution in [0.15, 0.2) is 29.2 Å². The molecular formula is C14H17N5O3S. The van der Waals surface area contributed by atoms with Crippen LogP contribution in [0.3, 0.4) is 0 Å². The van der Waals surface area contributed by atoms with Crippen molar-refractivity contribution >= 4 is 27.7 Å². The molecule has 0 saturated heterocycles. The average molecular weight is 335 g/mol. The van der Waals surface area contributed by atoms with Gasteiger partial charge >= 0.3 is 6.03 Å². The topological polar surface area (TPSA) is 127 Å². The van der Waals surface area contributed by atoms with Crippen molar-refractivity contribution in [1.29, 1.82) is 0 Å². The van der Waals surface area contributed by atoms with Crippen LogP contribution in [0.1, 0.15) is 17.0 Å². The summed E-state index contributed by atoms with van der Waals surface area (Å²) in [6, 6.07) is 5.22. The summed E-state index contributed by atoms with van der Waals surface area (Å²) in [6.45, 7) is 5.09. The third kappa shape index (κ3) is 4.16. The van der Waals surface area contributed by atoms with Gasteiger partial charge in [0, 0.05) is 17.1 Å². The second kappa shape index (κ2) is 6.21. The quantitative estimate of drug-likeness (QED) is 0.729. The number of hydrogen-bond donors (Lipinski definition) is 3. The summed E-state index contributed by atoms with van der Waals surface area (Å²) in [5.41, 5.74) is 7.67. The van der Waals surface area contributed by atoms with Gasteiger partial charge in [0.1, 0.15) is 0 Å². The molecule has 0 fully saturated rings. The van der Waals surface area contributed by atoms with E-state index >= 15 is 0 Å². The molecule has 1 aromatic heterocycles. The molecule has 8 nitrogen and oxygen atoms in total. The second-order valence-electron chi connectivity index (χ2n) is 5.06. The monoisotopic (exact) mass is 335 g/mol. The molecule has 0 aliphatic heterocycles. The number of hydrogen-bond acceptors (Lipinski definition) is 6.